The molecule has 3 N–H and O–H groups in total. The molecular formula is C36H67Cl2F2N2NaO14S2. The van der Waals surface area contributed by atoms with Gasteiger partial charge in [0.2, 0.25) is 5.60 Å². The summed E-state index contributed by atoms with van der Waals surface area (Å²) in [6.45, 7) is 28.8. The molecule has 23 heteroatoms. The number of aliphatic hydroxyl groups excluding tert-OH is 1. The third-order valence-electron chi connectivity index (χ3n) is 12.9. The van der Waals surface area contributed by atoms with Gasteiger partial charge in [-0.15, -0.1) is 0 Å². The number of carbonyl (C=O) groups excluding carboxylic acids is 4. The van der Waals surface area contributed by atoms with Crippen LogP contribution in [0.25, 0.3) is 0 Å². The summed E-state index contributed by atoms with van der Waals surface area (Å²) in [5.74, 6) is -2.88. The Morgan fingerprint density at radius 1 is 0.763 bits per heavy atom. The molecule has 4 fully saturated rings. The maximum Gasteiger partial charge on any atom is 1.00 e. The van der Waals surface area contributed by atoms with Crippen molar-refractivity contribution in [3.63, 3.8) is 0 Å². The predicted molar refractivity (Wildman–Crippen MR) is 205 cm³/mol. The molecule has 4 aliphatic rings. The van der Waals surface area contributed by atoms with Gasteiger partial charge in [0.05, 0.1) is 72.6 Å². The minimum atomic E-state index is -5.96. The van der Waals surface area contributed by atoms with E-state index in [9.17, 15) is 53.9 Å². The number of fused-ring (bicyclic) bond motifs is 4. The van der Waals surface area contributed by atoms with Crippen LogP contribution in [-0.2, 0) is 53.6 Å². The van der Waals surface area contributed by atoms with Crippen LogP contribution in [0.4, 0.5) is 8.78 Å². The van der Waals surface area contributed by atoms with Crippen LogP contribution in [0.15, 0.2) is 0 Å². The van der Waals surface area contributed by atoms with E-state index in [-0.39, 0.29) is 55.8 Å². The van der Waals surface area contributed by atoms with E-state index in [1.807, 2.05) is 20.8 Å². The van der Waals surface area contributed by atoms with E-state index in [2.05, 4.69) is 46.3 Å². The first kappa shape index (κ1) is 62.5. The number of hydrogen-bond donors (Lipinski definition) is 3. The minimum Gasteiger partial charge on any atom is -1.00 e. The maximum absolute atomic E-state index is 13.1. The van der Waals surface area contributed by atoms with Gasteiger partial charge in [0, 0.05) is 12.3 Å². The van der Waals surface area contributed by atoms with E-state index < -0.39 is 94.5 Å². The van der Waals surface area contributed by atoms with E-state index in [0.717, 1.165) is 0 Å². The summed E-state index contributed by atoms with van der Waals surface area (Å²) in [5.41, 5.74) is -5.87. The molecule has 0 aromatic heterocycles. The number of aliphatic hydroxyl groups is 1. The first-order valence-corrected chi connectivity index (χ1v) is 22.5. The van der Waals surface area contributed by atoms with Gasteiger partial charge in [-0.1, -0.05) is 27.7 Å². The summed E-state index contributed by atoms with van der Waals surface area (Å²) >= 11 is 5.56. The number of quaternary nitrogens is 2. The molecule has 16 nitrogen and oxygen atoms in total. The Balaban J connectivity index is -0.000000356. The van der Waals surface area contributed by atoms with E-state index in [0.29, 0.717) is 19.3 Å². The Kier molecular flexibility index (Phi) is 25.2. The number of ether oxygens (including phenoxy) is 3. The number of esters is 3. The molecule has 4 rings (SSSR count). The minimum absolute atomic E-state index is 0. The average Bonchev–Trinajstić information content (AvgIpc) is 3.57. The van der Waals surface area contributed by atoms with E-state index in [1.165, 1.54) is 39.3 Å². The molecule has 59 heavy (non-hydrogen) atoms. The molecule has 2 aliphatic carbocycles. The molecule has 4 atom stereocenters. The first-order valence-electron chi connectivity index (χ1n) is 19.1. The summed E-state index contributed by atoms with van der Waals surface area (Å²) in [7, 11) is -10.1. The Morgan fingerprint density at radius 3 is 1.25 bits per heavy atom. The van der Waals surface area contributed by atoms with Gasteiger partial charge in [-0.05, 0) is 92.7 Å². The monoisotopic (exact) mass is 946 g/mol. The summed E-state index contributed by atoms with van der Waals surface area (Å²) < 4.78 is 100. The fourth-order valence-electron chi connectivity index (χ4n) is 7.34. The smallest absolute Gasteiger partial charge is 1.00 e. The number of alkyl halides is 2. The van der Waals surface area contributed by atoms with Crippen molar-refractivity contribution in [2.75, 3.05) is 58.2 Å². The fourth-order valence-corrected chi connectivity index (χ4v) is 8.14. The van der Waals surface area contributed by atoms with Crippen molar-refractivity contribution < 1.29 is 126 Å². The third-order valence-corrected chi connectivity index (χ3v) is 14.7. The number of hydrogen-bond acceptors (Lipinski definition) is 14. The van der Waals surface area contributed by atoms with Gasteiger partial charge in [0.25, 0.3) is 5.24 Å². The van der Waals surface area contributed by atoms with Gasteiger partial charge in [0.1, 0.15) is 0 Å². The van der Waals surface area contributed by atoms with Crippen molar-refractivity contribution in [2.24, 2.45) is 21.7 Å². The van der Waals surface area contributed by atoms with Crippen LogP contribution in [0.2, 0.25) is 0 Å². The van der Waals surface area contributed by atoms with Crippen molar-refractivity contribution in [1.29, 1.82) is 0 Å². The molecule has 0 aromatic rings. The van der Waals surface area contributed by atoms with Crippen LogP contribution in [0.3, 0.4) is 0 Å². The van der Waals surface area contributed by atoms with Crippen LogP contribution >= 0.6 is 11.6 Å². The Hall–Kier alpha value is -0.780. The Labute approximate surface area is 384 Å². The van der Waals surface area contributed by atoms with Crippen molar-refractivity contribution >= 4 is 55.0 Å². The SMILES string of the molecule is CC12CCC(C(=O)Cl)(OC1=O)C2(C)C.CC12CCC(C(=O)OCC(F)(F)S(=O)(=O)[O-])(OC1=O)C2(C)C.CC[NH+](CC)CC.CC[NH+](CC)CC.O=S(=O)([O-])CCO.[Cl-].[HH].[Na+]. The summed E-state index contributed by atoms with van der Waals surface area (Å²) in [6, 6.07) is 0. The molecule has 2 heterocycles. The van der Waals surface area contributed by atoms with Crippen LogP contribution in [0, 0.1) is 21.7 Å². The molecule has 2 saturated heterocycles. The largest absolute Gasteiger partial charge is 1.00 e. The standard InChI is InChI=1S/C12H16F2O7S.C10H13ClO3.2C6H15N.C2H6O4S.ClH.Na.H2/c1-9(2)10(3)4-5-11(9,21-7(10)15)8(16)20-6-12(13,14)22(17,18)19;1-8(2)9(3)4-5-10(8,6(11)12)14-7(9)13;2*1-4-7(5-2)6-3;3-1-2-7(4,5)6;;;/h4-6H2,1-3H3,(H,17,18,19);4-5H2,1-3H3;2*4-6H2,1-3H3;3H,1-2H2,(H,4,5,6);1H;;1H/q;;;;;;+1;/p-1. The van der Waals surface area contributed by atoms with Crippen LogP contribution in [0.5, 0.6) is 0 Å². The second-order valence-corrected chi connectivity index (χ2v) is 19.3. The molecule has 4 unspecified atom stereocenters. The van der Waals surface area contributed by atoms with Crippen molar-refractivity contribution in [2.45, 2.75) is 125 Å². The Bertz CT molecular complexity index is 1620. The van der Waals surface area contributed by atoms with Crippen molar-refractivity contribution in [3.8, 4) is 0 Å². The second-order valence-electron chi connectivity index (χ2n) is 15.9. The fraction of sp³-hybridized carbons (Fsp3) is 0.889. The summed E-state index contributed by atoms with van der Waals surface area (Å²) in [4.78, 5) is 50.5. The predicted octanol–water partition coefficient (Wildman–Crippen LogP) is -4.70. The van der Waals surface area contributed by atoms with Gasteiger partial charge in [-0.2, -0.15) is 8.78 Å². The van der Waals surface area contributed by atoms with E-state index in [4.69, 9.17) is 26.2 Å². The second kappa shape index (κ2) is 23.8. The van der Waals surface area contributed by atoms with E-state index >= 15 is 0 Å². The van der Waals surface area contributed by atoms with Crippen LogP contribution in [0.1, 0.15) is 110 Å². The number of halogens is 4. The topological polar surface area (TPSA) is 239 Å². The average molecular weight is 948 g/mol. The molecule has 0 radical (unpaired) electrons. The summed E-state index contributed by atoms with van der Waals surface area (Å²) in [5, 5.41) is 2.54. The van der Waals surface area contributed by atoms with Crippen LogP contribution in [-0.4, -0.2) is 129 Å². The molecule has 346 valence electrons. The number of rotatable bonds is 13. The normalized spacial score (nSPS) is 26.8. The zero-order valence-electron chi connectivity index (χ0n) is 36.8. The quantitative estimate of drug-likeness (QED) is 0.0518. The molecular weight excluding hydrogens is 880 g/mol. The zero-order chi connectivity index (χ0) is 45.3. The van der Waals surface area contributed by atoms with Crippen molar-refractivity contribution in [3.05, 3.63) is 0 Å². The van der Waals surface area contributed by atoms with Gasteiger partial charge in [-0.25, -0.2) is 21.6 Å². The number of carbonyl (C=O) groups is 4. The molecule has 0 spiro atoms. The van der Waals surface area contributed by atoms with Gasteiger partial charge in [0.15, 0.2) is 22.3 Å². The molecule has 0 aromatic carbocycles. The van der Waals surface area contributed by atoms with Gasteiger partial charge in [-0.3, -0.25) is 14.4 Å². The Morgan fingerprint density at radius 2 is 1.08 bits per heavy atom. The third kappa shape index (κ3) is 13.4. The maximum atomic E-state index is 13.1. The molecule has 2 saturated carbocycles. The van der Waals surface area contributed by atoms with E-state index in [1.54, 1.807) is 30.6 Å². The van der Waals surface area contributed by atoms with Gasteiger partial charge < -0.3 is 50.6 Å². The number of nitrogens with one attached hydrogen (secondary N) is 2. The zero-order valence-corrected chi connectivity index (χ0v) is 41.9. The summed E-state index contributed by atoms with van der Waals surface area (Å²) in [6.07, 6.45) is 1.61. The molecule has 0 amide bonds. The first-order chi connectivity index (χ1) is 25.7. The van der Waals surface area contributed by atoms with Gasteiger partial charge >= 0.3 is 52.7 Å². The van der Waals surface area contributed by atoms with Crippen LogP contribution < -0.4 is 51.8 Å². The molecule has 2 aliphatic heterocycles. The molecule has 4 bridgehead atoms. The van der Waals surface area contributed by atoms with Crippen molar-refractivity contribution in [1.82, 2.24) is 0 Å².